The highest BCUT2D eigenvalue weighted by molar-refractivity contribution is 7.99. The average molecular weight is 495 g/mol. The van der Waals surface area contributed by atoms with Crippen molar-refractivity contribution in [2.45, 2.75) is 18.5 Å². The fourth-order valence-electron chi connectivity index (χ4n) is 4.39. The molecule has 2 saturated heterocycles. The zero-order chi connectivity index (χ0) is 24.0. The van der Waals surface area contributed by atoms with Crippen LogP contribution in [0.3, 0.4) is 0 Å². The second kappa shape index (κ2) is 11.0. The minimum Gasteiger partial charge on any atom is -0.378 e. The summed E-state index contributed by atoms with van der Waals surface area (Å²) >= 11 is 1.45. The van der Waals surface area contributed by atoms with Gasteiger partial charge in [-0.25, -0.2) is 9.97 Å². The summed E-state index contributed by atoms with van der Waals surface area (Å²) in [7, 11) is 0. The highest BCUT2D eigenvalue weighted by atomic mass is 32.2. The van der Waals surface area contributed by atoms with Gasteiger partial charge in [0, 0.05) is 51.7 Å². The number of ether oxygens (including phenoxy) is 1. The van der Waals surface area contributed by atoms with Gasteiger partial charge in [0.2, 0.25) is 17.8 Å². The Bertz CT molecular complexity index is 1130. The molecule has 2 fully saturated rings. The molecule has 11 heteroatoms. The number of rotatable bonds is 7. The van der Waals surface area contributed by atoms with E-state index in [1.165, 1.54) is 17.3 Å². The van der Waals surface area contributed by atoms with Gasteiger partial charge in [-0.05, 0) is 24.1 Å². The van der Waals surface area contributed by atoms with E-state index in [4.69, 9.17) is 4.74 Å². The Morgan fingerprint density at radius 3 is 2.43 bits per heavy atom. The molecule has 0 spiro atoms. The van der Waals surface area contributed by atoms with E-state index in [2.05, 4.69) is 59.7 Å². The summed E-state index contributed by atoms with van der Waals surface area (Å²) < 4.78 is 7.64. The lowest BCUT2D eigenvalue weighted by Crippen LogP contribution is -2.49. The summed E-state index contributed by atoms with van der Waals surface area (Å²) in [6.45, 7) is 7.78. The number of aryl methyl sites for hydroxylation is 1. The summed E-state index contributed by atoms with van der Waals surface area (Å²) in [4.78, 5) is 27.9. The van der Waals surface area contributed by atoms with Crippen LogP contribution in [-0.2, 0) is 16.0 Å². The van der Waals surface area contributed by atoms with Gasteiger partial charge >= 0.3 is 0 Å². The lowest BCUT2D eigenvalue weighted by Gasteiger charge is -2.34. The predicted octanol–water partition coefficient (Wildman–Crippen LogP) is 1.90. The third-order valence-corrected chi connectivity index (χ3v) is 7.23. The molecule has 0 aliphatic carbocycles. The van der Waals surface area contributed by atoms with E-state index in [-0.39, 0.29) is 5.91 Å². The fourth-order valence-corrected chi connectivity index (χ4v) is 5.23. The predicted molar refractivity (Wildman–Crippen MR) is 135 cm³/mol. The minimum atomic E-state index is 0.106. The van der Waals surface area contributed by atoms with Crippen molar-refractivity contribution in [1.82, 2.24) is 29.6 Å². The molecular weight excluding hydrogens is 464 g/mol. The molecule has 4 heterocycles. The number of hydrogen-bond acceptors (Lipinski definition) is 9. The van der Waals surface area contributed by atoms with Crippen LogP contribution in [0.5, 0.6) is 0 Å². The molecule has 2 aromatic heterocycles. The summed E-state index contributed by atoms with van der Waals surface area (Å²) in [5.41, 5.74) is 2.28. The van der Waals surface area contributed by atoms with Gasteiger partial charge in [0.25, 0.3) is 0 Å². The van der Waals surface area contributed by atoms with Crippen LogP contribution < -0.4 is 9.80 Å². The van der Waals surface area contributed by atoms with Gasteiger partial charge in [0.1, 0.15) is 0 Å². The monoisotopic (exact) mass is 494 g/mol. The van der Waals surface area contributed by atoms with Gasteiger partial charge in [-0.2, -0.15) is 0 Å². The number of morpholine rings is 1. The topological polar surface area (TPSA) is 92.5 Å². The number of nitrogens with zero attached hydrogens (tertiary/aromatic N) is 8. The SMILES string of the molecule is CCc1ccccc1-n1c(SCC(=O)N2CCN(c3ncccn3)CC2)nnc1N1CCOCC1. The molecule has 0 bridgehead atoms. The normalized spacial score (nSPS) is 16.5. The van der Waals surface area contributed by atoms with Gasteiger partial charge in [-0.1, -0.05) is 36.9 Å². The van der Waals surface area contributed by atoms with Crippen molar-refractivity contribution in [3.8, 4) is 5.69 Å². The number of carbonyl (C=O) groups is 1. The van der Waals surface area contributed by atoms with E-state index in [0.717, 1.165) is 49.4 Å². The minimum absolute atomic E-state index is 0.106. The summed E-state index contributed by atoms with van der Waals surface area (Å²) in [5.74, 6) is 1.94. The molecule has 0 unspecified atom stereocenters. The first kappa shape index (κ1) is 23.6. The Balaban J connectivity index is 1.29. The number of carbonyl (C=O) groups excluding carboxylic acids is 1. The molecule has 0 saturated carbocycles. The van der Waals surface area contributed by atoms with Crippen molar-refractivity contribution < 1.29 is 9.53 Å². The zero-order valence-electron chi connectivity index (χ0n) is 19.9. The van der Waals surface area contributed by atoms with Crippen LogP contribution in [0.15, 0.2) is 47.9 Å². The third kappa shape index (κ3) is 5.25. The van der Waals surface area contributed by atoms with E-state index in [1.807, 2.05) is 17.0 Å². The quantitative estimate of drug-likeness (QED) is 0.457. The number of para-hydroxylation sites is 1. The van der Waals surface area contributed by atoms with Gasteiger partial charge < -0.3 is 19.4 Å². The standard InChI is InChI=1S/C24H30N8O2S/c1-2-19-6-3-4-7-20(19)32-23(31-14-16-34-17-15-31)27-28-24(32)35-18-21(33)29-10-12-30(13-11-29)22-25-8-5-9-26-22/h3-9H,2,10-18H2,1H3. The molecule has 5 rings (SSSR count). The molecule has 10 nitrogen and oxygen atoms in total. The highest BCUT2D eigenvalue weighted by Gasteiger charge is 2.26. The smallest absolute Gasteiger partial charge is 0.233 e. The first-order valence-corrected chi connectivity index (χ1v) is 13.0. The van der Waals surface area contributed by atoms with Crippen LogP contribution in [0.2, 0.25) is 0 Å². The molecule has 3 aromatic rings. The van der Waals surface area contributed by atoms with E-state index >= 15 is 0 Å². The van der Waals surface area contributed by atoms with E-state index < -0.39 is 0 Å². The first-order valence-electron chi connectivity index (χ1n) is 12.0. The Morgan fingerprint density at radius 2 is 1.69 bits per heavy atom. The molecule has 1 aromatic carbocycles. The summed E-state index contributed by atoms with van der Waals surface area (Å²) in [5, 5.41) is 9.79. The van der Waals surface area contributed by atoms with Crippen LogP contribution in [0, 0.1) is 0 Å². The first-order chi connectivity index (χ1) is 17.2. The van der Waals surface area contributed by atoms with Crippen molar-refractivity contribution in [1.29, 1.82) is 0 Å². The Labute approximate surface area is 209 Å². The molecule has 35 heavy (non-hydrogen) atoms. The maximum Gasteiger partial charge on any atom is 0.233 e. The highest BCUT2D eigenvalue weighted by Crippen LogP contribution is 2.29. The number of benzene rings is 1. The largest absolute Gasteiger partial charge is 0.378 e. The zero-order valence-corrected chi connectivity index (χ0v) is 20.7. The second-order valence-electron chi connectivity index (χ2n) is 8.40. The van der Waals surface area contributed by atoms with Gasteiger partial charge in [-0.3, -0.25) is 9.36 Å². The maximum absolute atomic E-state index is 13.1. The number of aromatic nitrogens is 5. The second-order valence-corrected chi connectivity index (χ2v) is 9.35. The van der Waals surface area contributed by atoms with Crippen LogP contribution in [0.1, 0.15) is 12.5 Å². The Hall–Kier alpha value is -3.18. The number of anilines is 2. The Kier molecular flexibility index (Phi) is 7.43. The summed E-state index contributed by atoms with van der Waals surface area (Å²) in [6.07, 6.45) is 4.39. The van der Waals surface area contributed by atoms with Crippen molar-refractivity contribution in [2.24, 2.45) is 0 Å². The fraction of sp³-hybridized carbons (Fsp3) is 0.458. The molecular formula is C24H30N8O2S. The van der Waals surface area contributed by atoms with E-state index in [9.17, 15) is 4.79 Å². The maximum atomic E-state index is 13.1. The molecule has 2 aliphatic heterocycles. The lowest BCUT2D eigenvalue weighted by molar-refractivity contribution is -0.128. The van der Waals surface area contributed by atoms with E-state index in [0.29, 0.717) is 38.0 Å². The Morgan fingerprint density at radius 1 is 0.943 bits per heavy atom. The number of thioether (sulfide) groups is 1. The number of hydrogen-bond donors (Lipinski definition) is 0. The van der Waals surface area contributed by atoms with Gasteiger partial charge in [0.05, 0.1) is 24.7 Å². The van der Waals surface area contributed by atoms with Crippen molar-refractivity contribution in [3.63, 3.8) is 0 Å². The molecule has 2 aliphatic rings. The van der Waals surface area contributed by atoms with E-state index in [1.54, 1.807) is 12.4 Å². The van der Waals surface area contributed by atoms with Crippen LogP contribution in [-0.4, -0.2) is 93.8 Å². The average Bonchev–Trinajstić information content (AvgIpc) is 3.36. The summed E-state index contributed by atoms with van der Waals surface area (Å²) in [6, 6.07) is 10.1. The van der Waals surface area contributed by atoms with Crippen LogP contribution in [0.4, 0.5) is 11.9 Å². The third-order valence-electron chi connectivity index (χ3n) is 6.32. The van der Waals surface area contributed by atoms with Crippen LogP contribution >= 0.6 is 11.8 Å². The molecule has 184 valence electrons. The van der Waals surface area contributed by atoms with Crippen molar-refractivity contribution in [3.05, 3.63) is 48.3 Å². The van der Waals surface area contributed by atoms with Crippen molar-refractivity contribution in [2.75, 3.05) is 68.0 Å². The number of amides is 1. The van der Waals surface area contributed by atoms with Crippen molar-refractivity contribution >= 4 is 29.6 Å². The molecule has 0 radical (unpaired) electrons. The van der Waals surface area contributed by atoms with Gasteiger partial charge in [0.15, 0.2) is 5.16 Å². The number of piperazine rings is 1. The molecule has 1 amide bonds. The molecule has 0 N–H and O–H groups in total. The van der Waals surface area contributed by atoms with Crippen LogP contribution in [0.25, 0.3) is 5.69 Å². The van der Waals surface area contributed by atoms with Gasteiger partial charge in [-0.15, -0.1) is 10.2 Å². The lowest BCUT2D eigenvalue weighted by atomic mass is 10.1. The molecule has 0 atom stereocenters.